The summed E-state index contributed by atoms with van der Waals surface area (Å²) in [6.07, 6.45) is 4.48. The van der Waals surface area contributed by atoms with Crippen LogP contribution in [0, 0.1) is 0 Å². The second kappa shape index (κ2) is 9.15. The maximum Gasteiger partial charge on any atom is 0.240 e. The van der Waals surface area contributed by atoms with Gasteiger partial charge in [-0.1, -0.05) is 24.3 Å². The van der Waals surface area contributed by atoms with Gasteiger partial charge in [0.1, 0.15) is 5.75 Å². The van der Waals surface area contributed by atoms with E-state index in [1.165, 1.54) is 11.3 Å². The minimum atomic E-state index is -0.0305. The van der Waals surface area contributed by atoms with Gasteiger partial charge in [-0.25, -0.2) is 4.98 Å². The molecule has 0 saturated carbocycles. The molecular formula is C22H24N4O2S. The Kier molecular flexibility index (Phi) is 6.17. The minimum absolute atomic E-state index is 0.0305. The SMILES string of the molecule is COc1ccccc1Cc1cccc([C@H]2CCCN2CC(=O)Nc2nccs2)n1. The van der Waals surface area contributed by atoms with E-state index in [1.54, 1.807) is 13.3 Å². The second-order valence-corrected chi connectivity index (χ2v) is 7.95. The predicted octanol–water partition coefficient (Wildman–Crippen LogP) is 3.91. The van der Waals surface area contributed by atoms with Crippen LogP contribution < -0.4 is 10.1 Å². The molecule has 3 heterocycles. The summed E-state index contributed by atoms with van der Waals surface area (Å²) in [5, 5.41) is 5.36. The van der Waals surface area contributed by atoms with Gasteiger partial charge in [-0.05, 0) is 37.6 Å². The highest BCUT2D eigenvalue weighted by molar-refractivity contribution is 7.13. The first-order valence-electron chi connectivity index (χ1n) is 9.74. The maximum absolute atomic E-state index is 12.4. The fourth-order valence-corrected chi connectivity index (χ4v) is 4.35. The zero-order chi connectivity index (χ0) is 20.1. The summed E-state index contributed by atoms with van der Waals surface area (Å²) in [6, 6.07) is 14.4. The normalized spacial score (nSPS) is 16.7. The number of carbonyl (C=O) groups excluding carboxylic acids is 1. The largest absolute Gasteiger partial charge is 0.496 e. The molecule has 0 spiro atoms. The Morgan fingerprint density at radius 1 is 1.28 bits per heavy atom. The Bertz CT molecular complexity index is 961. The number of likely N-dealkylation sites (tertiary alicyclic amines) is 1. The van der Waals surface area contributed by atoms with Crippen molar-refractivity contribution in [2.24, 2.45) is 0 Å². The van der Waals surface area contributed by atoms with Crippen molar-refractivity contribution in [3.63, 3.8) is 0 Å². The molecule has 1 amide bonds. The first-order chi connectivity index (χ1) is 14.2. The first kappa shape index (κ1) is 19.5. The van der Waals surface area contributed by atoms with Crippen molar-refractivity contribution in [2.75, 3.05) is 25.5 Å². The van der Waals surface area contributed by atoms with Crippen LogP contribution >= 0.6 is 11.3 Å². The molecule has 1 aliphatic rings. The standard InChI is InChI=1S/C22H24N4O2S/c1-28-20-10-3-2-6-16(20)14-17-7-4-8-18(24-17)19-9-5-12-26(19)15-21(27)25-22-23-11-13-29-22/h2-4,6-8,10-11,13,19H,5,9,12,14-15H2,1H3,(H,23,25,27)/t19-/m1/s1. The van der Waals surface area contributed by atoms with Crippen LogP contribution in [-0.4, -0.2) is 41.0 Å². The highest BCUT2D eigenvalue weighted by Gasteiger charge is 2.28. The molecule has 2 aromatic heterocycles. The average molecular weight is 409 g/mol. The lowest BCUT2D eigenvalue weighted by Crippen LogP contribution is -2.33. The number of methoxy groups -OCH3 is 1. The monoisotopic (exact) mass is 408 g/mol. The Morgan fingerprint density at radius 2 is 2.17 bits per heavy atom. The van der Waals surface area contributed by atoms with Gasteiger partial charge in [0.05, 0.1) is 25.4 Å². The molecule has 29 heavy (non-hydrogen) atoms. The van der Waals surface area contributed by atoms with Crippen molar-refractivity contribution in [1.29, 1.82) is 0 Å². The lowest BCUT2D eigenvalue weighted by molar-refractivity contribution is -0.117. The summed E-state index contributed by atoms with van der Waals surface area (Å²) >= 11 is 1.43. The first-order valence-corrected chi connectivity index (χ1v) is 10.6. The van der Waals surface area contributed by atoms with E-state index in [-0.39, 0.29) is 11.9 Å². The summed E-state index contributed by atoms with van der Waals surface area (Å²) < 4.78 is 5.47. The van der Waals surface area contributed by atoms with Crippen molar-refractivity contribution in [1.82, 2.24) is 14.9 Å². The van der Waals surface area contributed by atoms with Gasteiger partial charge in [0, 0.05) is 29.3 Å². The van der Waals surface area contributed by atoms with E-state index in [2.05, 4.69) is 33.4 Å². The van der Waals surface area contributed by atoms with Crippen LogP contribution in [-0.2, 0) is 11.2 Å². The number of anilines is 1. The molecule has 0 unspecified atom stereocenters. The summed E-state index contributed by atoms with van der Waals surface area (Å²) in [5.74, 6) is 0.845. The van der Waals surface area contributed by atoms with Gasteiger partial charge in [-0.2, -0.15) is 0 Å². The molecule has 1 saturated heterocycles. The summed E-state index contributed by atoms with van der Waals surface area (Å²) in [5.41, 5.74) is 3.15. The van der Waals surface area contributed by atoms with Crippen LogP contribution in [0.3, 0.4) is 0 Å². The number of para-hydroxylation sites is 1. The number of aromatic nitrogens is 2. The molecule has 1 N–H and O–H groups in total. The smallest absolute Gasteiger partial charge is 0.240 e. The summed E-state index contributed by atoms with van der Waals surface area (Å²) in [4.78, 5) is 23.6. The number of ether oxygens (including phenoxy) is 1. The van der Waals surface area contributed by atoms with Crippen LogP contribution in [0.15, 0.2) is 54.0 Å². The van der Waals surface area contributed by atoms with Gasteiger partial charge in [-0.15, -0.1) is 11.3 Å². The lowest BCUT2D eigenvalue weighted by Gasteiger charge is -2.23. The number of hydrogen-bond donors (Lipinski definition) is 1. The Labute approximate surface area is 174 Å². The molecule has 0 aliphatic carbocycles. The number of nitrogens with zero attached hydrogens (tertiary/aromatic N) is 3. The summed E-state index contributed by atoms with van der Waals surface area (Å²) in [6.45, 7) is 1.25. The van der Waals surface area contributed by atoms with Crippen molar-refractivity contribution in [3.8, 4) is 5.75 Å². The van der Waals surface area contributed by atoms with Gasteiger partial charge in [0.2, 0.25) is 5.91 Å². The number of amides is 1. The molecule has 6 nitrogen and oxygen atoms in total. The summed E-state index contributed by atoms with van der Waals surface area (Å²) in [7, 11) is 1.69. The molecule has 1 aliphatic heterocycles. The Balaban J connectivity index is 1.46. The van der Waals surface area contributed by atoms with Gasteiger partial charge in [0.15, 0.2) is 5.13 Å². The predicted molar refractivity (Wildman–Crippen MR) is 114 cm³/mol. The number of pyridine rings is 1. The van der Waals surface area contributed by atoms with Gasteiger partial charge in [0.25, 0.3) is 0 Å². The number of hydrogen-bond acceptors (Lipinski definition) is 6. The van der Waals surface area contributed by atoms with Crippen LogP contribution in [0.1, 0.15) is 35.8 Å². The molecule has 150 valence electrons. The minimum Gasteiger partial charge on any atom is -0.496 e. The number of rotatable bonds is 7. The van der Waals surface area contributed by atoms with Crippen LogP contribution in [0.5, 0.6) is 5.75 Å². The van der Waals surface area contributed by atoms with Gasteiger partial charge < -0.3 is 10.1 Å². The highest BCUT2D eigenvalue weighted by atomic mass is 32.1. The molecule has 0 radical (unpaired) electrons. The molecule has 3 aromatic rings. The zero-order valence-corrected chi connectivity index (χ0v) is 17.2. The Hall–Kier alpha value is -2.77. The van der Waals surface area contributed by atoms with E-state index in [0.29, 0.717) is 11.7 Å². The lowest BCUT2D eigenvalue weighted by atomic mass is 10.1. The highest BCUT2D eigenvalue weighted by Crippen LogP contribution is 2.31. The van der Waals surface area contributed by atoms with Crippen LogP contribution in [0.25, 0.3) is 0 Å². The van der Waals surface area contributed by atoms with Crippen molar-refractivity contribution >= 4 is 22.4 Å². The molecule has 0 bridgehead atoms. The third kappa shape index (κ3) is 4.81. The molecule has 4 rings (SSSR count). The number of carbonyl (C=O) groups is 1. The average Bonchev–Trinajstić information content (AvgIpc) is 3.41. The fourth-order valence-electron chi connectivity index (χ4n) is 3.81. The molecule has 7 heteroatoms. The molecular weight excluding hydrogens is 384 g/mol. The topological polar surface area (TPSA) is 67.3 Å². The van der Waals surface area contributed by atoms with E-state index in [4.69, 9.17) is 9.72 Å². The third-order valence-electron chi connectivity index (χ3n) is 5.12. The van der Waals surface area contributed by atoms with Crippen molar-refractivity contribution < 1.29 is 9.53 Å². The molecule has 1 atom stereocenters. The van der Waals surface area contributed by atoms with Crippen molar-refractivity contribution in [3.05, 3.63) is 71.0 Å². The van der Waals surface area contributed by atoms with E-state index < -0.39 is 0 Å². The maximum atomic E-state index is 12.4. The van der Waals surface area contributed by atoms with Gasteiger partial charge in [-0.3, -0.25) is 14.7 Å². The van der Waals surface area contributed by atoms with Crippen LogP contribution in [0.2, 0.25) is 0 Å². The van der Waals surface area contributed by atoms with E-state index in [0.717, 1.165) is 48.5 Å². The second-order valence-electron chi connectivity index (χ2n) is 7.06. The zero-order valence-electron chi connectivity index (χ0n) is 16.4. The number of thiazole rings is 1. The van der Waals surface area contributed by atoms with E-state index >= 15 is 0 Å². The third-order valence-corrected chi connectivity index (χ3v) is 5.81. The number of nitrogens with one attached hydrogen (secondary N) is 1. The van der Waals surface area contributed by atoms with Gasteiger partial charge >= 0.3 is 0 Å². The van der Waals surface area contributed by atoms with Crippen LogP contribution in [0.4, 0.5) is 5.13 Å². The van der Waals surface area contributed by atoms with E-state index in [9.17, 15) is 4.79 Å². The number of benzene rings is 1. The van der Waals surface area contributed by atoms with Crippen molar-refractivity contribution in [2.45, 2.75) is 25.3 Å². The Morgan fingerprint density at radius 3 is 3.00 bits per heavy atom. The quantitative estimate of drug-likeness (QED) is 0.642. The fraction of sp³-hybridized carbons (Fsp3) is 0.318. The van der Waals surface area contributed by atoms with E-state index in [1.807, 2.05) is 29.6 Å². The molecule has 1 fully saturated rings. The molecule has 1 aromatic carbocycles.